The maximum absolute atomic E-state index is 5.43. The molecule has 4 rings (SSSR count). The predicted molar refractivity (Wildman–Crippen MR) is 76.4 cm³/mol. The van der Waals surface area contributed by atoms with Crippen LogP contribution in [0.4, 0.5) is 0 Å². The molecule has 0 radical (unpaired) electrons. The molecule has 98 valence electrons. The Morgan fingerprint density at radius 1 is 1.28 bits per heavy atom. The number of aromatic nitrogens is 2. The van der Waals surface area contributed by atoms with Crippen LogP contribution >= 0.6 is 22.6 Å². The lowest BCUT2D eigenvalue weighted by atomic mass is 10.0. The maximum atomic E-state index is 5.43. The maximum Gasteiger partial charge on any atom is 0.123 e. The summed E-state index contributed by atoms with van der Waals surface area (Å²) in [6.07, 6.45) is 2.76. The molecule has 0 bridgehead atoms. The first-order chi connectivity index (χ1) is 8.83. The normalized spacial score (nSPS) is 39.8. The van der Waals surface area contributed by atoms with Crippen LogP contribution in [-0.2, 0) is 4.74 Å². The Hall–Kier alpha value is -0.140. The number of nitrogens with zero attached hydrogens (tertiary/aromatic N) is 2. The van der Waals surface area contributed by atoms with Gasteiger partial charge in [0.05, 0.1) is 13.2 Å². The number of rotatable bonds is 2. The number of nitrogens with one attached hydrogen (secondary N) is 1. The summed E-state index contributed by atoms with van der Waals surface area (Å²) in [5.41, 5.74) is 1.37. The third-order valence-corrected chi connectivity index (χ3v) is 5.46. The van der Waals surface area contributed by atoms with Crippen LogP contribution in [0.3, 0.4) is 0 Å². The number of ether oxygens (including phenoxy) is 1. The van der Waals surface area contributed by atoms with Gasteiger partial charge < -0.3 is 4.74 Å². The first-order valence-electron chi connectivity index (χ1n) is 6.85. The fourth-order valence-electron chi connectivity index (χ4n) is 4.00. The summed E-state index contributed by atoms with van der Waals surface area (Å²) in [6, 6.07) is 3.04. The minimum absolute atomic E-state index is 0.776. The van der Waals surface area contributed by atoms with Crippen molar-refractivity contribution in [1.82, 2.24) is 15.1 Å². The highest BCUT2D eigenvalue weighted by atomic mass is 127. The molecule has 1 saturated heterocycles. The second-order valence-electron chi connectivity index (χ2n) is 5.77. The van der Waals surface area contributed by atoms with Gasteiger partial charge in [-0.3, -0.25) is 10.00 Å². The number of hydrogen-bond acceptors (Lipinski definition) is 3. The quantitative estimate of drug-likeness (QED) is 0.820. The summed E-state index contributed by atoms with van der Waals surface area (Å²) in [6.45, 7) is 4.12. The Bertz CT molecular complexity index is 431. The van der Waals surface area contributed by atoms with E-state index >= 15 is 0 Å². The monoisotopic (exact) mass is 359 g/mol. The number of aromatic amines is 1. The van der Waals surface area contributed by atoms with Crippen LogP contribution in [-0.4, -0.2) is 47.4 Å². The zero-order valence-electron chi connectivity index (χ0n) is 10.3. The molecule has 1 N–H and O–H groups in total. The molecule has 0 spiro atoms. The number of H-pyrrole nitrogens is 1. The van der Waals surface area contributed by atoms with Gasteiger partial charge >= 0.3 is 0 Å². The standard InChI is InChI=1S/C13H18IN3O/c14-12-7-11(15-16-12)13-9-5-8(6-10(9)13)17-1-3-18-4-2-17/h7-10,13H,1-6H2,(H,15,16)/t8?,9-,10+,13+. The molecular weight excluding hydrogens is 341 g/mol. The molecule has 3 fully saturated rings. The second kappa shape index (κ2) is 4.45. The van der Waals surface area contributed by atoms with Crippen LogP contribution in [0.2, 0.25) is 0 Å². The first-order valence-corrected chi connectivity index (χ1v) is 7.93. The summed E-state index contributed by atoms with van der Waals surface area (Å²) in [5, 5.41) is 7.45. The Labute approximate surface area is 121 Å². The lowest BCUT2D eigenvalue weighted by Gasteiger charge is -2.33. The molecule has 18 heavy (non-hydrogen) atoms. The van der Waals surface area contributed by atoms with E-state index in [1.165, 1.54) is 18.5 Å². The van der Waals surface area contributed by atoms with Gasteiger partial charge in [0, 0.05) is 30.7 Å². The zero-order valence-corrected chi connectivity index (χ0v) is 12.5. The van der Waals surface area contributed by atoms with Crippen molar-refractivity contribution in [1.29, 1.82) is 0 Å². The fraction of sp³-hybridized carbons (Fsp3) is 0.769. The summed E-state index contributed by atoms with van der Waals surface area (Å²) in [4.78, 5) is 2.64. The van der Waals surface area contributed by atoms with Gasteiger partial charge in [-0.25, -0.2) is 0 Å². The van der Waals surface area contributed by atoms with E-state index in [-0.39, 0.29) is 0 Å². The van der Waals surface area contributed by atoms with Crippen molar-refractivity contribution in [3.8, 4) is 0 Å². The van der Waals surface area contributed by atoms with Crippen molar-refractivity contribution in [2.24, 2.45) is 11.8 Å². The average Bonchev–Trinajstić information content (AvgIpc) is 2.80. The number of fused-ring (bicyclic) bond motifs is 1. The molecule has 1 aromatic rings. The van der Waals surface area contributed by atoms with Gasteiger partial charge in [0.25, 0.3) is 0 Å². The van der Waals surface area contributed by atoms with Crippen molar-refractivity contribution < 1.29 is 4.74 Å². The average molecular weight is 359 g/mol. The fourth-order valence-corrected chi connectivity index (χ4v) is 4.45. The molecule has 5 heteroatoms. The summed E-state index contributed by atoms with van der Waals surface area (Å²) < 4.78 is 6.53. The minimum atomic E-state index is 0.776. The third-order valence-electron chi connectivity index (χ3n) is 4.91. The highest BCUT2D eigenvalue weighted by Gasteiger charge is 2.58. The molecule has 1 unspecified atom stereocenters. The van der Waals surface area contributed by atoms with E-state index in [1.807, 2.05) is 0 Å². The zero-order chi connectivity index (χ0) is 12.1. The van der Waals surface area contributed by atoms with Crippen molar-refractivity contribution in [2.75, 3.05) is 26.3 Å². The van der Waals surface area contributed by atoms with Crippen LogP contribution in [0.15, 0.2) is 6.07 Å². The Balaban J connectivity index is 1.38. The van der Waals surface area contributed by atoms with Gasteiger partial charge in [-0.2, -0.15) is 5.10 Å². The van der Waals surface area contributed by atoms with Gasteiger partial charge in [-0.05, 0) is 53.3 Å². The van der Waals surface area contributed by atoms with E-state index in [0.29, 0.717) is 0 Å². The van der Waals surface area contributed by atoms with Gasteiger partial charge in [0.15, 0.2) is 0 Å². The smallest absolute Gasteiger partial charge is 0.123 e. The lowest BCUT2D eigenvalue weighted by Crippen LogP contribution is -2.43. The molecule has 1 aromatic heterocycles. The van der Waals surface area contributed by atoms with Crippen LogP contribution in [0.1, 0.15) is 24.5 Å². The number of morpholine rings is 1. The van der Waals surface area contributed by atoms with E-state index in [1.54, 1.807) is 0 Å². The second-order valence-corrected chi connectivity index (χ2v) is 6.88. The number of halogens is 1. The van der Waals surface area contributed by atoms with Crippen LogP contribution in [0, 0.1) is 15.5 Å². The Kier molecular flexibility index (Phi) is 2.89. The molecule has 2 saturated carbocycles. The van der Waals surface area contributed by atoms with Gasteiger partial charge in [0.2, 0.25) is 0 Å². The Morgan fingerprint density at radius 3 is 2.61 bits per heavy atom. The summed E-state index contributed by atoms with van der Waals surface area (Å²) in [5.74, 6) is 2.60. The van der Waals surface area contributed by atoms with E-state index in [4.69, 9.17) is 4.74 Å². The van der Waals surface area contributed by atoms with Gasteiger partial charge in [0.1, 0.15) is 3.70 Å². The summed E-state index contributed by atoms with van der Waals surface area (Å²) >= 11 is 2.28. The van der Waals surface area contributed by atoms with Crippen LogP contribution in [0.25, 0.3) is 0 Å². The Morgan fingerprint density at radius 2 is 2.00 bits per heavy atom. The van der Waals surface area contributed by atoms with Crippen molar-refractivity contribution in [3.63, 3.8) is 0 Å². The van der Waals surface area contributed by atoms with E-state index in [0.717, 1.165) is 53.8 Å². The first kappa shape index (κ1) is 11.7. The van der Waals surface area contributed by atoms with Gasteiger partial charge in [-0.1, -0.05) is 0 Å². The summed E-state index contributed by atoms with van der Waals surface area (Å²) in [7, 11) is 0. The minimum Gasteiger partial charge on any atom is -0.379 e. The molecule has 0 amide bonds. The molecule has 2 heterocycles. The van der Waals surface area contributed by atoms with E-state index < -0.39 is 0 Å². The lowest BCUT2D eigenvalue weighted by molar-refractivity contribution is 0.0151. The highest BCUT2D eigenvalue weighted by molar-refractivity contribution is 14.1. The topological polar surface area (TPSA) is 41.1 Å². The molecule has 0 aromatic carbocycles. The number of hydrogen-bond donors (Lipinski definition) is 1. The molecule has 2 aliphatic carbocycles. The van der Waals surface area contributed by atoms with Crippen LogP contribution < -0.4 is 0 Å². The SMILES string of the molecule is Ic1cc([C@H]2[C@@H]3CC(N4CCOCC4)C[C@@H]32)[nH]n1. The van der Waals surface area contributed by atoms with Crippen molar-refractivity contribution in [2.45, 2.75) is 24.8 Å². The van der Waals surface area contributed by atoms with Gasteiger partial charge in [-0.15, -0.1) is 0 Å². The van der Waals surface area contributed by atoms with Crippen LogP contribution in [0.5, 0.6) is 0 Å². The molecule has 1 aliphatic heterocycles. The molecular formula is C13H18IN3O. The van der Waals surface area contributed by atoms with E-state index in [9.17, 15) is 0 Å². The molecule has 3 aliphatic rings. The molecule has 4 nitrogen and oxygen atoms in total. The third kappa shape index (κ3) is 1.91. The van der Waals surface area contributed by atoms with E-state index in [2.05, 4.69) is 43.8 Å². The molecule has 4 atom stereocenters. The van der Waals surface area contributed by atoms with Crippen molar-refractivity contribution in [3.05, 3.63) is 15.5 Å². The largest absolute Gasteiger partial charge is 0.379 e. The predicted octanol–water partition coefficient (Wildman–Crippen LogP) is 1.84. The highest BCUT2D eigenvalue weighted by Crippen LogP contribution is 2.63. The van der Waals surface area contributed by atoms with Crippen molar-refractivity contribution >= 4 is 22.6 Å².